The molecule has 1 saturated carbocycles. The average Bonchev–Trinajstić information content (AvgIpc) is 3.07. The number of rotatable bonds is 4. The van der Waals surface area contributed by atoms with E-state index in [1.165, 1.54) is 12.3 Å². The van der Waals surface area contributed by atoms with Crippen LogP contribution in [0, 0.1) is 11.3 Å². The third-order valence-corrected chi connectivity index (χ3v) is 3.11. The Morgan fingerprint density at radius 3 is 2.79 bits per heavy atom. The summed E-state index contributed by atoms with van der Waals surface area (Å²) in [6, 6.07) is 5.14. The maximum Gasteiger partial charge on any atom is 0.374 e. The molecule has 0 atom stereocenters. The van der Waals surface area contributed by atoms with E-state index < -0.39 is 24.0 Å². The van der Waals surface area contributed by atoms with Crippen LogP contribution in [0.1, 0.15) is 36.2 Å². The zero-order valence-corrected chi connectivity index (χ0v) is 10.3. The number of nitrogens with one attached hydrogen (secondary N) is 1. The van der Waals surface area contributed by atoms with Crippen molar-refractivity contribution < 1.29 is 18.7 Å². The van der Waals surface area contributed by atoms with Gasteiger partial charge in [0.1, 0.15) is 5.54 Å². The SMILES string of the molecule is N#CC1(NC(=O)COC(=O)c2ccco2)CCCC1. The van der Waals surface area contributed by atoms with Gasteiger partial charge in [0, 0.05) is 0 Å². The standard InChI is InChI=1S/C13H14N2O4/c14-9-13(5-1-2-6-13)15-11(16)8-19-12(17)10-4-3-7-18-10/h3-4,7H,1-2,5-6,8H2,(H,15,16). The van der Waals surface area contributed by atoms with Crippen LogP contribution in [0.4, 0.5) is 0 Å². The molecule has 2 rings (SSSR count). The first-order chi connectivity index (χ1) is 9.15. The summed E-state index contributed by atoms with van der Waals surface area (Å²) < 4.78 is 9.64. The minimum absolute atomic E-state index is 0.0451. The first kappa shape index (κ1) is 13.1. The molecule has 0 aliphatic heterocycles. The van der Waals surface area contributed by atoms with Gasteiger partial charge < -0.3 is 14.5 Å². The van der Waals surface area contributed by atoms with E-state index in [4.69, 9.17) is 14.4 Å². The normalized spacial score (nSPS) is 16.6. The summed E-state index contributed by atoms with van der Waals surface area (Å²) >= 11 is 0. The second-order valence-corrected chi connectivity index (χ2v) is 4.50. The largest absolute Gasteiger partial charge is 0.457 e. The van der Waals surface area contributed by atoms with Crippen LogP contribution in [0.3, 0.4) is 0 Å². The quantitative estimate of drug-likeness (QED) is 0.828. The molecule has 0 spiro atoms. The molecule has 0 aromatic carbocycles. The van der Waals surface area contributed by atoms with Gasteiger partial charge in [0.15, 0.2) is 6.61 Å². The Labute approximate surface area is 110 Å². The summed E-state index contributed by atoms with van der Waals surface area (Å²) in [4.78, 5) is 23.1. The van der Waals surface area contributed by atoms with Gasteiger partial charge in [0.05, 0.1) is 12.3 Å². The van der Waals surface area contributed by atoms with E-state index in [0.29, 0.717) is 12.8 Å². The van der Waals surface area contributed by atoms with Crippen molar-refractivity contribution in [1.82, 2.24) is 5.32 Å². The Hall–Kier alpha value is -2.29. The Bertz CT molecular complexity index is 495. The predicted octanol–water partition coefficient (Wildman–Crippen LogP) is 1.39. The number of amides is 1. The van der Waals surface area contributed by atoms with Crippen molar-refractivity contribution in [2.24, 2.45) is 0 Å². The van der Waals surface area contributed by atoms with Crippen molar-refractivity contribution in [1.29, 1.82) is 5.26 Å². The maximum absolute atomic E-state index is 11.7. The summed E-state index contributed by atoms with van der Waals surface area (Å²) in [7, 11) is 0. The highest BCUT2D eigenvalue weighted by Gasteiger charge is 2.35. The molecule has 0 unspecified atom stereocenters. The zero-order chi connectivity index (χ0) is 13.7. The van der Waals surface area contributed by atoms with E-state index in [2.05, 4.69) is 11.4 Å². The monoisotopic (exact) mass is 262 g/mol. The van der Waals surface area contributed by atoms with E-state index in [9.17, 15) is 9.59 Å². The van der Waals surface area contributed by atoms with E-state index in [1.54, 1.807) is 6.07 Å². The Balaban J connectivity index is 1.82. The maximum atomic E-state index is 11.7. The topological polar surface area (TPSA) is 92.3 Å². The van der Waals surface area contributed by atoms with Crippen molar-refractivity contribution in [2.45, 2.75) is 31.2 Å². The number of carbonyl (C=O) groups is 2. The van der Waals surface area contributed by atoms with E-state index in [1.807, 2.05) is 0 Å². The smallest absolute Gasteiger partial charge is 0.374 e. The van der Waals surface area contributed by atoms with Gasteiger partial charge in [-0.05, 0) is 37.8 Å². The number of hydrogen-bond donors (Lipinski definition) is 1. The fourth-order valence-corrected chi connectivity index (χ4v) is 2.14. The van der Waals surface area contributed by atoms with Crippen molar-refractivity contribution in [3.05, 3.63) is 24.2 Å². The Kier molecular flexibility index (Phi) is 3.85. The van der Waals surface area contributed by atoms with E-state index in [0.717, 1.165) is 12.8 Å². The lowest BCUT2D eigenvalue weighted by molar-refractivity contribution is -0.125. The van der Waals surface area contributed by atoms with Crippen LogP contribution in [0.15, 0.2) is 22.8 Å². The molecule has 6 nitrogen and oxygen atoms in total. The number of hydrogen-bond acceptors (Lipinski definition) is 5. The molecule has 1 aliphatic carbocycles. The van der Waals surface area contributed by atoms with Gasteiger partial charge in [-0.1, -0.05) is 0 Å². The molecule has 1 fully saturated rings. The molecule has 19 heavy (non-hydrogen) atoms. The second-order valence-electron chi connectivity index (χ2n) is 4.50. The predicted molar refractivity (Wildman–Crippen MR) is 63.9 cm³/mol. The van der Waals surface area contributed by atoms with Gasteiger partial charge in [-0.2, -0.15) is 5.26 Å². The summed E-state index contributed by atoms with van der Waals surface area (Å²) in [6.45, 7) is -0.414. The molecular weight excluding hydrogens is 248 g/mol. The molecule has 1 N–H and O–H groups in total. The second kappa shape index (κ2) is 5.57. The average molecular weight is 262 g/mol. The van der Waals surface area contributed by atoms with Gasteiger partial charge in [0.25, 0.3) is 5.91 Å². The van der Waals surface area contributed by atoms with Crippen molar-refractivity contribution in [3.63, 3.8) is 0 Å². The van der Waals surface area contributed by atoms with Crippen LogP contribution >= 0.6 is 0 Å². The van der Waals surface area contributed by atoms with Gasteiger partial charge in [-0.15, -0.1) is 0 Å². The minimum atomic E-state index is -0.797. The first-order valence-electron chi connectivity index (χ1n) is 6.08. The highest BCUT2D eigenvalue weighted by molar-refractivity contribution is 5.88. The number of furan rings is 1. The number of nitriles is 1. The molecule has 6 heteroatoms. The minimum Gasteiger partial charge on any atom is -0.457 e. The lowest BCUT2D eigenvalue weighted by atomic mass is 10.00. The summed E-state index contributed by atoms with van der Waals surface area (Å²) in [5, 5.41) is 11.7. The third-order valence-electron chi connectivity index (χ3n) is 3.11. The summed E-state index contributed by atoms with van der Waals surface area (Å²) in [5.41, 5.74) is -0.797. The van der Waals surface area contributed by atoms with Crippen molar-refractivity contribution in [3.8, 4) is 6.07 Å². The lowest BCUT2D eigenvalue weighted by Crippen LogP contribution is -2.46. The van der Waals surface area contributed by atoms with Crippen molar-refractivity contribution in [2.75, 3.05) is 6.61 Å². The van der Waals surface area contributed by atoms with Crippen molar-refractivity contribution >= 4 is 11.9 Å². The molecule has 1 aromatic rings. The van der Waals surface area contributed by atoms with Gasteiger partial charge in [-0.3, -0.25) is 4.79 Å². The molecule has 0 saturated heterocycles. The third kappa shape index (κ3) is 3.13. The Morgan fingerprint density at radius 1 is 1.47 bits per heavy atom. The van der Waals surface area contributed by atoms with Crippen LogP contribution in [-0.2, 0) is 9.53 Å². The summed E-state index contributed by atoms with van der Waals surface area (Å²) in [5.74, 6) is -1.12. The molecule has 1 amide bonds. The van der Waals surface area contributed by atoms with Crippen LogP contribution in [0.2, 0.25) is 0 Å². The fourth-order valence-electron chi connectivity index (χ4n) is 2.14. The molecule has 0 bridgehead atoms. The van der Waals surface area contributed by atoms with Crippen LogP contribution in [0.5, 0.6) is 0 Å². The highest BCUT2D eigenvalue weighted by atomic mass is 16.5. The first-order valence-corrected chi connectivity index (χ1v) is 6.08. The zero-order valence-electron chi connectivity index (χ0n) is 10.3. The molecule has 1 aromatic heterocycles. The lowest BCUT2D eigenvalue weighted by Gasteiger charge is -2.21. The molecule has 0 radical (unpaired) electrons. The highest BCUT2D eigenvalue weighted by Crippen LogP contribution is 2.28. The van der Waals surface area contributed by atoms with Gasteiger partial charge >= 0.3 is 5.97 Å². The molecular formula is C13H14N2O4. The van der Waals surface area contributed by atoms with Crippen LogP contribution < -0.4 is 5.32 Å². The molecule has 100 valence electrons. The van der Waals surface area contributed by atoms with Gasteiger partial charge in [-0.25, -0.2) is 4.79 Å². The summed E-state index contributed by atoms with van der Waals surface area (Å²) in [6.07, 6.45) is 4.46. The van der Waals surface area contributed by atoms with Crippen LogP contribution in [0.25, 0.3) is 0 Å². The molecule has 1 heterocycles. The fraction of sp³-hybridized carbons (Fsp3) is 0.462. The number of ether oxygens (including phenoxy) is 1. The Morgan fingerprint density at radius 2 is 2.21 bits per heavy atom. The number of carbonyl (C=O) groups excluding carboxylic acids is 2. The van der Waals surface area contributed by atoms with Crippen LogP contribution in [-0.4, -0.2) is 24.0 Å². The van der Waals surface area contributed by atoms with Gasteiger partial charge in [0.2, 0.25) is 5.76 Å². The number of esters is 1. The number of nitrogens with zero attached hydrogens (tertiary/aromatic N) is 1. The van der Waals surface area contributed by atoms with E-state index in [-0.39, 0.29) is 5.76 Å². The van der Waals surface area contributed by atoms with E-state index >= 15 is 0 Å². The molecule has 1 aliphatic rings.